The van der Waals surface area contributed by atoms with E-state index in [1.807, 2.05) is 6.07 Å². The van der Waals surface area contributed by atoms with Crippen LogP contribution < -0.4 is 10.6 Å². The molecule has 7 heteroatoms. The quantitative estimate of drug-likeness (QED) is 0.415. The molecule has 0 saturated carbocycles. The standard InChI is InChI=1S/C12H17N5S.HI/c1-13-12(15-9-10-4-7-16-17-10)14-6-5-11-3-2-8-18-11;/h2-4,7-8H,5-6,9H2,1H3,(H,16,17)(H2,13,14,15);1H. The molecule has 0 amide bonds. The van der Waals surface area contributed by atoms with E-state index in [1.165, 1.54) is 4.88 Å². The van der Waals surface area contributed by atoms with Crippen molar-refractivity contribution in [2.24, 2.45) is 4.99 Å². The van der Waals surface area contributed by atoms with Crippen LogP contribution in [0.25, 0.3) is 0 Å². The summed E-state index contributed by atoms with van der Waals surface area (Å²) in [5.74, 6) is 0.807. The molecule has 0 saturated heterocycles. The summed E-state index contributed by atoms with van der Waals surface area (Å²) in [5, 5.41) is 15.4. The maximum absolute atomic E-state index is 4.17. The molecule has 0 aliphatic carbocycles. The third-order valence-corrected chi connectivity index (χ3v) is 3.41. The largest absolute Gasteiger partial charge is 0.356 e. The number of hydrogen-bond donors (Lipinski definition) is 3. The molecule has 3 N–H and O–H groups in total. The third-order valence-electron chi connectivity index (χ3n) is 2.47. The van der Waals surface area contributed by atoms with E-state index in [9.17, 15) is 0 Å². The minimum Gasteiger partial charge on any atom is -0.356 e. The molecule has 19 heavy (non-hydrogen) atoms. The van der Waals surface area contributed by atoms with Crippen LogP contribution in [0.4, 0.5) is 0 Å². The Morgan fingerprint density at radius 2 is 2.32 bits per heavy atom. The number of nitrogens with one attached hydrogen (secondary N) is 3. The van der Waals surface area contributed by atoms with Gasteiger partial charge in [-0.1, -0.05) is 6.07 Å². The molecular formula is C12H18IN5S. The lowest BCUT2D eigenvalue weighted by Gasteiger charge is -2.10. The fourth-order valence-electron chi connectivity index (χ4n) is 1.54. The monoisotopic (exact) mass is 391 g/mol. The van der Waals surface area contributed by atoms with E-state index in [4.69, 9.17) is 0 Å². The van der Waals surface area contributed by atoms with Gasteiger partial charge < -0.3 is 10.6 Å². The van der Waals surface area contributed by atoms with Crippen molar-refractivity contribution in [2.75, 3.05) is 13.6 Å². The number of halogens is 1. The van der Waals surface area contributed by atoms with Gasteiger partial charge in [0.05, 0.1) is 12.2 Å². The molecule has 0 aliphatic heterocycles. The van der Waals surface area contributed by atoms with Crippen molar-refractivity contribution in [3.63, 3.8) is 0 Å². The number of nitrogens with zero attached hydrogens (tertiary/aromatic N) is 2. The highest BCUT2D eigenvalue weighted by molar-refractivity contribution is 14.0. The normalized spacial score (nSPS) is 10.9. The molecule has 2 rings (SSSR count). The van der Waals surface area contributed by atoms with Gasteiger partial charge in [0.2, 0.25) is 0 Å². The molecule has 0 spiro atoms. The summed E-state index contributed by atoms with van der Waals surface area (Å²) in [6.45, 7) is 1.57. The van der Waals surface area contributed by atoms with Gasteiger partial charge >= 0.3 is 0 Å². The minimum atomic E-state index is 0. The second kappa shape index (κ2) is 8.92. The molecule has 0 unspecified atom stereocenters. The molecular weight excluding hydrogens is 373 g/mol. The number of aromatic amines is 1. The van der Waals surface area contributed by atoms with E-state index >= 15 is 0 Å². The van der Waals surface area contributed by atoms with Crippen LogP contribution >= 0.6 is 35.3 Å². The van der Waals surface area contributed by atoms with E-state index < -0.39 is 0 Å². The van der Waals surface area contributed by atoms with Crippen LogP contribution in [0, 0.1) is 0 Å². The maximum Gasteiger partial charge on any atom is 0.191 e. The average molecular weight is 391 g/mol. The zero-order valence-corrected chi connectivity index (χ0v) is 13.9. The van der Waals surface area contributed by atoms with Gasteiger partial charge in [0.15, 0.2) is 5.96 Å². The first-order valence-electron chi connectivity index (χ1n) is 5.83. The Balaban J connectivity index is 0.00000180. The molecule has 0 aromatic carbocycles. The number of aromatic nitrogens is 2. The SMILES string of the molecule is CN=C(NCCc1cccs1)NCc1ccn[nH]1.I. The molecule has 0 atom stereocenters. The van der Waals surface area contributed by atoms with E-state index in [0.717, 1.165) is 24.6 Å². The summed E-state index contributed by atoms with van der Waals surface area (Å²) in [5.41, 5.74) is 1.04. The van der Waals surface area contributed by atoms with Crippen LogP contribution in [-0.2, 0) is 13.0 Å². The molecule has 2 aromatic rings. The highest BCUT2D eigenvalue weighted by atomic mass is 127. The molecule has 0 fully saturated rings. The molecule has 0 radical (unpaired) electrons. The van der Waals surface area contributed by atoms with Crippen molar-refractivity contribution in [3.8, 4) is 0 Å². The van der Waals surface area contributed by atoms with Crippen molar-refractivity contribution in [3.05, 3.63) is 40.3 Å². The molecule has 2 heterocycles. The molecule has 104 valence electrons. The minimum absolute atomic E-state index is 0. The number of aliphatic imine (C=N–C) groups is 1. The first-order chi connectivity index (χ1) is 8.88. The Hall–Kier alpha value is -1.09. The zero-order valence-electron chi connectivity index (χ0n) is 10.7. The van der Waals surface area contributed by atoms with Gasteiger partial charge in [0, 0.05) is 24.7 Å². The smallest absolute Gasteiger partial charge is 0.191 e. The van der Waals surface area contributed by atoms with Crippen LogP contribution in [0.5, 0.6) is 0 Å². The number of H-pyrrole nitrogens is 1. The van der Waals surface area contributed by atoms with Gasteiger partial charge in [-0.2, -0.15) is 5.10 Å². The summed E-state index contributed by atoms with van der Waals surface area (Å²) in [7, 11) is 1.77. The summed E-state index contributed by atoms with van der Waals surface area (Å²) in [4.78, 5) is 5.55. The lowest BCUT2D eigenvalue weighted by atomic mass is 10.3. The Kier molecular flexibility index (Phi) is 7.49. The van der Waals surface area contributed by atoms with Crippen molar-refractivity contribution >= 4 is 41.3 Å². The van der Waals surface area contributed by atoms with Crippen molar-refractivity contribution in [1.82, 2.24) is 20.8 Å². The summed E-state index contributed by atoms with van der Waals surface area (Å²) >= 11 is 1.78. The zero-order chi connectivity index (χ0) is 12.6. The van der Waals surface area contributed by atoms with Gasteiger partial charge in [-0.15, -0.1) is 35.3 Å². The van der Waals surface area contributed by atoms with Gasteiger partial charge in [0.1, 0.15) is 0 Å². The second-order valence-electron chi connectivity index (χ2n) is 3.76. The first kappa shape index (κ1) is 16.0. The van der Waals surface area contributed by atoms with Crippen molar-refractivity contribution < 1.29 is 0 Å². The van der Waals surface area contributed by atoms with Crippen molar-refractivity contribution in [1.29, 1.82) is 0 Å². The highest BCUT2D eigenvalue weighted by Gasteiger charge is 1.99. The Labute approximate surface area is 133 Å². The van der Waals surface area contributed by atoms with E-state index in [0.29, 0.717) is 6.54 Å². The Morgan fingerprint density at radius 1 is 1.42 bits per heavy atom. The molecule has 0 aliphatic rings. The summed E-state index contributed by atoms with van der Waals surface area (Å²) < 4.78 is 0. The Bertz CT molecular complexity index is 466. The maximum atomic E-state index is 4.17. The van der Waals surface area contributed by atoms with Gasteiger partial charge in [0.25, 0.3) is 0 Å². The summed E-state index contributed by atoms with van der Waals surface area (Å²) in [6.07, 6.45) is 2.76. The van der Waals surface area contributed by atoms with Crippen LogP contribution in [-0.4, -0.2) is 29.7 Å². The average Bonchev–Trinajstić information content (AvgIpc) is 3.06. The Morgan fingerprint density at radius 3 is 2.95 bits per heavy atom. The number of thiophene rings is 1. The van der Waals surface area contributed by atoms with E-state index in [2.05, 4.69) is 43.3 Å². The van der Waals surface area contributed by atoms with Crippen molar-refractivity contribution in [2.45, 2.75) is 13.0 Å². The van der Waals surface area contributed by atoms with Gasteiger partial charge in [-0.3, -0.25) is 10.1 Å². The molecule has 0 bridgehead atoms. The van der Waals surface area contributed by atoms with Gasteiger partial charge in [-0.05, 0) is 23.9 Å². The fourth-order valence-corrected chi connectivity index (χ4v) is 2.25. The van der Waals surface area contributed by atoms with Crippen LogP contribution in [0.15, 0.2) is 34.8 Å². The van der Waals surface area contributed by atoms with Crippen LogP contribution in [0.2, 0.25) is 0 Å². The van der Waals surface area contributed by atoms with Gasteiger partial charge in [-0.25, -0.2) is 0 Å². The lowest BCUT2D eigenvalue weighted by Crippen LogP contribution is -2.37. The number of guanidine groups is 1. The fraction of sp³-hybridized carbons (Fsp3) is 0.333. The number of hydrogen-bond acceptors (Lipinski definition) is 3. The van der Waals surface area contributed by atoms with Crippen LogP contribution in [0.1, 0.15) is 10.6 Å². The lowest BCUT2D eigenvalue weighted by molar-refractivity contribution is 0.783. The summed E-state index contributed by atoms with van der Waals surface area (Å²) in [6, 6.07) is 6.16. The second-order valence-corrected chi connectivity index (χ2v) is 4.80. The number of rotatable bonds is 5. The third kappa shape index (κ3) is 5.60. The predicted molar refractivity (Wildman–Crippen MR) is 90.2 cm³/mol. The van der Waals surface area contributed by atoms with E-state index in [1.54, 1.807) is 24.6 Å². The first-order valence-corrected chi connectivity index (χ1v) is 6.71. The predicted octanol–water partition coefficient (Wildman–Crippen LogP) is 2.00. The van der Waals surface area contributed by atoms with Crippen LogP contribution in [0.3, 0.4) is 0 Å². The topological polar surface area (TPSA) is 65.1 Å². The highest BCUT2D eigenvalue weighted by Crippen LogP contribution is 2.07. The van der Waals surface area contributed by atoms with E-state index in [-0.39, 0.29) is 24.0 Å². The molecule has 5 nitrogen and oxygen atoms in total. The molecule has 2 aromatic heterocycles.